The van der Waals surface area contributed by atoms with Crippen molar-refractivity contribution in [2.24, 2.45) is 0 Å². The normalized spacial score (nSPS) is 11.0. The van der Waals surface area contributed by atoms with E-state index in [9.17, 15) is 0 Å². The van der Waals surface area contributed by atoms with Gasteiger partial charge in [-0.25, -0.2) is 4.98 Å². The predicted molar refractivity (Wildman–Crippen MR) is 73.7 cm³/mol. The summed E-state index contributed by atoms with van der Waals surface area (Å²) in [6.07, 6.45) is 1.92. The SMILES string of the molecule is CCNc1cc(C)nc2c(CSCC)cnn12. The molecule has 0 saturated heterocycles. The molecular weight excluding hydrogens is 232 g/mol. The summed E-state index contributed by atoms with van der Waals surface area (Å²) in [5.74, 6) is 3.10. The van der Waals surface area contributed by atoms with Crippen LogP contribution in [-0.4, -0.2) is 26.9 Å². The minimum atomic E-state index is 0.886. The fraction of sp³-hybridized carbons (Fsp3) is 0.500. The number of hydrogen-bond acceptors (Lipinski definition) is 4. The molecule has 0 fully saturated rings. The average Bonchev–Trinajstić information content (AvgIpc) is 2.70. The number of anilines is 1. The van der Waals surface area contributed by atoms with E-state index in [-0.39, 0.29) is 0 Å². The van der Waals surface area contributed by atoms with Crippen molar-refractivity contribution in [2.45, 2.75) is 26.5 Å². The van der Waals surface area contributed by atoms with E-state index in [4.69, 9.17) is 0 Å². The van der Waals surface area contributed by atoms with E-state index in [1.54, 1.807) is 0 Å². The zero-order valence-electron chi connectivity index (χ0n) is 10.5. The van der Waals surface area contributed by atoms with Gasteiger partial charge in [0.05, 0.1) is 6.20 Å². The fourth-order valence-corrected chi connectivity index (χ4v) is 2.38. The third kappa shape index (κ3) is 2.54. The summed E-state index contributed by atoms with van der Waals surface area (Å²) in [6.45, 7) is 7.15. The Kier molecular flexibility index (Phi) is 3.89. The molecule has 0 bridgehead atoms. The van der Waals surface area contributed by atoms with Crippen LogP contribution >= 0.6 is 11.8 Å². The molecule has 0 amide bonds. The van der Waals surface area contributed by atoms with Crippen LogP contribution in [0.4, 0.5) is 5.82 Å². The molecule has 1 N–H and O–H groups in total. The van der Waals surface area contributed by atoms with Gasteiger partial charge in [0.15, 0.2) is 5.65 Å². The molecule has 0 aliphatic rings. The van der Waals surface area contributed by atoms with Crippen LogP contribution in [0.2, 0.25) is 0 Å². The van der Waals surface area contributed by atoms with Gasteiger partial charge in [-0.05, 0) is 19.6 Å². The van der Waals surface area contributed by atoms with E-state index < -0.39 is 0 Å². The standard InChI is InChI=1S/C12H18N4S/c1-4-13-11-6-9(3)15-12-10(8-17-5-2)7-14-16(11)12/h6-7,13H,4-5,8H2,1-3H3. The maximum absolute atomic E-state index is 4.58. The number of aromatic nitrogens is 3. The number of hydrogen-bond donors (Lipinski definition) is 1. The highest BCUT2D eigenvalue weighted by atomic mass is 32.2. The van der Waals surface area contributed by atoms with E-state index in [1.165, 1.54) is 5.56 Å². The average molecular weight is 250 g/mol. The van der Waals surface area contributed by atoms with E-state index in [0.29, 0.717) is 0 Å². The third-order valence-electron chi connectivity index (χ3n) is 2.49. The summed E-state index contributed by atoms with van der Waals surface area (Å²) in [5.41, 5.74) is 3.21. The van der Waals surface area contributed by atoms with Gasteiger partial charge in [-0.1, -0.05) is 6.92 Å². The van der Waals surface area contributed by atoms with Gasteiger partial charge in [-0.3, -0.25) is 0 Å². The smallest absolute Gasteiger partial charge is 0.161 e. The Morgan fingerprint density at radius 1 is 1.41 bits per heavy atom. The van der Waals surface area contributed by atoms with Gasteiger partial charge >= 0.3 is 0 Å². The Hall–Kier alpha value is -1.23. The molecule has 0 aliphatic carbocycles. The van der Waals surface area contributed by atoms with Gasteiger partial charge in [-0.2, -0.15) is 21.4 Å². The van der Waals surface area contributed by atoms with Crippen molar-refractivity contribution in [3.05, 3.63) is 23.5 Å². The van der Waals surface area contributed by atoms with E-state index in [2.05, 4.69) is 29.2 Å². The first-order valence-corrected chi connectivity index (χ1v) is 7.07. The molecule has 0 radical (unpaired) electrons. The lowest BCUT2D eigenvalue weighted by Crippen LogP contribution is -2.05. The maximum Gasteiger partial charge on any atom is 0.161 e. The van der Waals surface area contributed by atoms with Crippen LogP contribution in [0.3, 0.4) is 0 Å². The Balaban J connectivity index is 2.45. The highest BCUT2D eigenvalue weighted by molar-refractivity contribution is 7.98. The first-order valence-electron chi connectivity index (χ1n) is 5.92. The fourth-order valence-electron chi connectivity index (χ4n) is 1.75. The molecule has 2 aromatic rings. The Morgan fingerprint density at radius 2 is 2.24 bits per heavy atom. The van der Waals surface area contributed by atoms with Gasteiger partial charge in [0.25, 0.3) is 0 Å². The number of rotatable bonds is 5. The minimum absolute atomic E-state index is 0.886. The van der Waals surface area contributed by atoms with E-state index >= 15 is 0 Å². The van der Waals surface area contributed by atoms with Crippen LogP contribution in [-0.2, 0) is 5.75 Å². The third-order valence-corrected chi connectivity index (χ3v) is 3.42. The second-order valence-corrected chi connectivity index (χ2v) is 5.13. The van der Waals surface area contributed by atoms with Crippen molar-refractivity contribution in [1.29, 1.82) is 0 Å². The lowest BCUT2D eigenvalue weighted by Gasteiger charge is -2.07. The number of thioether (sulfide) groups is 1. The summed E-state index contributed by atoms with van der Waals surface area (Å²) in [5, 5.41) is 7.72. The molecule has 2 aromatic heterocycles. The van der Waals surface area contributed by atoms with Crippen molar-refractivity contribution in [1.82, 2.24) is 14.6 Å². The number of nitrogens with one attached hydrogen (secondary N) is 1. The minimum Gasteiger partial charge on any atom is -0.370 e. The number of aryl methyl sites for hydroxylation is 1. The molecule has 92 valence electrons. The summed E-state index contributed by atoms with van der Waals surface area (Å²) in [7, 11) is 0. The van der Waals surface area contributed by atoms with Crippen molar-refractivity contribution in [3.63, 3.8) is 0 Å². The summed E-state index contributed by atoms with van der Waals surface area (Å²) < 4.78 is 1.89. The van der Waals surface area contributed by atoms with Gasteiger partial charge in [0, 0.05) is 29.6 Å². The van der Waals surface area contributed by atoms with Gasteiger partial charge in [0.1, 0.15) is 5.82 Å². The van der Waals surface area contributed by atoms with E-state index in [1.807, 2.05) is 35.5 Å². The second-order valence-electron chi connectivity index (χ2n) is 3.86. The molecule has 2 rings (SSSR count). The molecule has 0 aromatic carbocycles. The predicted octanol–water partition coefficient (Wildman–Crippen LogP) is 2.72. The van der Waals surface area contributed by atoms with E-state index in [0.717, 1.165) is 35.2 Å². The monoisotopic (exact) mass is 250 g/mol. The van der Waals surface area contributed by atoms with Crippen molar-refractivity contribution >= 4 is 23.2 Å². The topological polar surface area (TPSA) is 42.2 Å². The molecule has 0 aliphatic heterocycles. The first kappa shape index (κ1) is 12.2. The van der Waals surface area contributed by atoms with Crippen LogP contribution < -0.4 is 5.32 Å². The lowest BCUT2D eigenvalue weighted by molar-refractivity contribution is 0.923. The summed E-state index contributed by atoms with van der Waals surface area (Å²) in [4.78, 5) is 4.58. The quantitative estimate of drug-likeness (QED) is 0.886. The summed E-state index contributed by atoms with van der Waals surface area (Å²) in [6, 6.07) is 2.03. The van der Waals surface area contributed by atoms with Crippen molar-refractivity contribution in [2.75, 3.05) is 17.6 Å². The molecule has 2 heterocycles. The van der Waals surface area contributed by atoms with Crippen molar-refractivity contribution < 1.29 is 0 Å². The highest BCUT2D eigenvalue weighted by Gasteiger charge is 2.09. The molecule has 0 atom stereocenters. The number of nitrogens with zero attached hydrogens (tertiary/aromatic N) is 3. The van der Waals surface area contributed by atoms with Crippen LogP contribution in [0.1, 0.15) is 25.1 Å². The molecule has 4 nitrogen and oxygen atoms in total. The van der Waals surface area contributed by atoms with Gasteiger partial charge < -0.3 is 5.32 Å². The van der Waals surface area contributed by atoms with Gasteiger partial charge in [-0.15, -0.1) is 0 Å². The van der Waals surface area contributed by atoms with Crippen LogP contribution in [0.15, 0.2) is 12.3 Å². The largest absolute Gasteiger partial charge is 0.370 e. The summed E-state index contributed by atoms with van der Waals surface area (Å²) >= 11 is 1.89. The Morgan fingerprint density at radius 3 is 2.94 bits per heavy atom. The highest BCUT2D eigenvalue weighted by Crippen LogP contribution is 2.19. The van der Waals surface area contributed by atoms with Crippen LogP contribution in [0.5, 0.6) is 0 Å². The maximum atomic E-state index is 4.58. The van der Waals surface area contributed by atoms with Crippen molar-refractivity contribution in [3.8, 4) is 0 Å². The molecular formula is C12H18N4S. The molecule has 5 heteroatoms. The zero-order chi connectivity index (χ0) is 12.3. The van der Waals surface area contributed by atoms with Crippen LogP contribution in [0.25, 0.3) is 5.65 Å². The molecule has 0 spiro atoms. The first-order chi connectivity index (χ1) is 8.26. The molecule has 0 saturated carbocycles. The molecule has 17 heavy (non-hydrogen) atoms. The number of fused-ring (bicyclic) bond motifs is 1. The second kappa shape index (κ2) is 5.40. The molecule has 0 unspecified atom stereocenters. The Labute approximate surface area is 106 Å². The zero-order valence-corrected chi connectivity index (χ0v) is 11.3. The van der Waals surface area contributed by atoms with Gasteiger partial charge in [0.2, 0.25) is 0 Å². The van der Waals surface area contributed by atoms with Crippen LogP contribution in [0, 0.1) is 6.92 Å². The Bertz CT molecular complexity index is 506. The lowest BCUT2D eigenvalue weighted by atomic mass is 10.3.